The van der Waals surface area contributed by atoms with Crippen LogP contribution in [0.3, 0.4) is 0 Å². The van der Waals surface area contributed by atoms with Gasteiger partial charge in [0.05, 0.1) is 6.04 Å². The van der Waals surface area contributed by atoms with E-state index in [9.17, 15) is 9.59 Å². The number of hydrogen-bond donors (Lipinski definition) is 2. The van der Waals surface area contributed by atoms with Crippen molar-refractivity contribution in [1.82, 2.24) is 15.5 Å². The van der Waals surface area contributed by atoms with Crippen molar-refractivity contribution in [1.29, 1.82) is 0 Å². The first-order chi connectivity index (χ1) is 12.1. The summed E-state index contributed by atoms with van der Waals surface area (Å²) in [5, 5.41) is 5.66. The fraction of sp³-hybridized carbons (Fsp3) is 0.556. The molecule has 2 N–H and O–H groups in total. The molecule has 0 aliphatic carbocycles. The maximum absolute atomic E-state index is 12.5. The number of hydrogen-bond acceptors (Lipinski definition) is 4. The molecular formula is C18H25N3O4. The average Bonchev–Trinajstić information content (AvgIpc) is 3.10. The van der Waals surface area contributed by atoms with Crippen molar-refractivity contribution in [2.75, 3.05) is 32.8 Å². The second-order valence-corrected chi connectivity index (χ2v) is 6.32. The van der Waals surface area contributed by atoms with Gasteiger partial charge in [0.25, 0.3) is 0 Å². The van der Waals surface area contributed by atoms with E-state index in [0.29, 0.717) is 32.7 Å². The summed E-state index contributed by atoms with van der Waals surface area (Å²) >= 11 is 0. The second kappa shape index (κ2) is 8.09. The van der Waals surface area contributed by atoms with Crippen LogP contribution in [0.5, 0.6) is 11.5 Å². The van der Waals surface area contributed by atoms with Crippen LogP contribution in [0.1, 0.15) is 37.8 Å². The van der Waals surface area contributed by atoms with Gasteiger partial charge in [0.2, 0.25) is 5.91 Å². The minimum Gasteiger partial charge on any atom is -0.486 e. The molecule has 2 aliphatic rings. The number of rotatable bonds is 5. The molecule has 0 radical (unpaired) electrons. The predicted molar refractivity (Wildman–Crippen MR) is 92.8 cm³/mol. The zero-order valence-corrected chi connectivity index (χ0v) is 14.5. The van der Waals surface area contributed by atoms with E-state index in [4.69, 9.17) is 9.47 Å². The number of carbonyl (C=O) groups is 2. The van der Waals surface area contributed by atoms with Crippen LogP contribution in [0.2, 0.25) is 0 Å². The Hall–Kier alpha value is -2.44. The Bertz CT molecular complexity index is 635. The maximum atomic E-state index is 12.5. The molecule has 7 heteroatoms. The molecule has 0 bridgehead atoms. The van der Waals surface area contributed by atoms with Crippen LogP contribution in [0.4, 0.5) is 4.79 Å². The van der Waals surface area contributed by atoms with Gasteiger partial charge in [-0.15, -0.1) is 0 Å². The van der Waals surface area contributed by atoms with Crippen LogP contribution in [-0.4, -0.2) is 49.7 Å². The molecule has 136 valence electrons. The normalized spacial score (nSPS) is 18.8. The first-order valence-corrected chi connectivity index (χ1v) is 8.83. The monoisotopic (exact) mass is 347 g/mol. The van der Waals surface area contributed by atoms with Gasteiger partial charge in [-0.05, 0) is 37.0 Å². The lowest BCUT2D eigenvalue weighted by molar-refractivity contribution is -0.118. The molecule has 0 saturated carbocycles. The lowest BCUT2D eigenvalue weighted by Gasteiger charge is -2.27. The van der Waals surface area contributed by atoms with Crippen LogP contribution in [0, 0.1) is 0 Å². The number of benzene rings is 1. The Morgan fingerprint density at radius 3 is 2.72 bits per heavy atom. The molecule has 1 aromatic rings. The van der Waals surface area contributed by atoms with E-state index >= 15 is 0 Å². The molecule has 1 atom stereocenters. The van der Waals surface area contributed by atoms with Gasteiger partial charge < -0.3 is 25.0 Å². The summed E-state index contributed by atoms with van der Waals surface area (Å²) < 4.78 is 11.2. The smallest absolute Gasteiger partial charge is 0.317 e. The first-order valence-electron chi connectivity index (χ1n) is 8.83. The molecular weight excluding hydrogens is 322 g/mol. The molecule has 0 aromatic heterocycles. The summed E-state index contributed by atoms with van der Waals surface area (Å²) in [7, 11) is 0. The summed E-state index contributed by atoms with van der Waals surface area (Å²) in [4.78, 5) is 25.2. The van der Waals surface area contributed by atoms with Gasteiger partial charge in [-0.3, -0.25) is 4.79 Å². The maximum Gasteiger partial charge on any atom is 0.317 e. The highest BCUT2D eigenvalue weighted by atomic mass is 16.6. The highest BCUT2D eigenvalue weighted by Gasteiger charge is 2.30. The van der Waals surface area contributed by atoms with Crippen molar-refractivity contribution < 1.29 is 19.1 Å². The van der Waals surface area contributed by atoms with Crippen LogP contribution in [-0.2, 0) is 4.79 Å². The van der Waals surface area contributed by atoms with Gasteiger partial charge in [0.1, 0.15) is 13.2 Å². The van der Waals surface area contributed by atoms with E-state index in [0.717, 1.165) is 36.4 Å². The summed E-state index contributed by atoms with van der Waals surface area (Å²) in [6.07, 6.45) is 2.64. The van der Waals surface area contributed by atoms with Gasteiger partial charge in [-0.25, -0.2) is 4.79 Å². The summed E-state index contributed by atoms with van der Waals surface area (Å²) in [5.41, 5.74) is 1.08. The van der Waals surface area contributed by atoms with E-state index in [2.05, 4.69) is 10.6 Å². The van der Waals surface area contributed by atoms with Crippen molar-refractivity contribution >= 4 is 11.9 Å². The molecule has 2 aliphatic heterocycles. The third-order valence-corrected chi connectivity index (χ3v) is 4.47. The fourth-order valence-corrected chi connectivity index (χ4v) is 3.27. The van der Waals surface area contributed by atoms with Gasteiger partial charge in [0, 0.05) is 26.6 Å². The molecule has 25 heavy (non-hydrogen) atoms. The molecule has 0 spiro atoms. The van der Waals surface area contributed by atoms with Crippen LogP contribution in [0.15, 0.2) is 18.2 Å². The fourth-order valence-electron chi connectivity index (χ4n) is 3.27. The van der Waals surface area contributed by atoms with Crippen LogP contribution in [0.25, 0.3) is 0 Å². The van der Waals surface area contributed by atoms with Crippen LogP contribution < -0.4 is 20.1 Å². The molecule has 7 nitrogen and oxygen atoms in total. The number of urea groups is 1. The van der Waals surface area contributed by atoms with E-state index in [1.807, 2.05) is 23.1 Å². The highest BCUT2D eigenvalue weighted by molar-refractivity contribution is 5.75. The van der Waals surface area contributed by atoms with Gasteiger partial charge in [-0.2, -0.15) is 0 Å². The third-order valence-electron chi connectivity index (χ3n) is 4.47. The van der Waals surface area contributed by atoms with E-state index in [1.165, 1.54) is 6.92 Å². The van der Waals surface area contributed by atoms with E-state index in [1.54, 1.807) is 0 Å². The Kier molecular flexibility index (Phi) is 5.63. The van der Waals surface area contributed by atoms with Crippen molar-refractivity contribution in [2.45, 2.75) is 32.2 Å². The SMILES string of the molecule is CC(=O)NCCCNC(=O)N1CCC[C@H]1c1ccc2c(c1)OCCO2. The summed E-state index contributed by atoms with van der Waals surface area (Å²) in [6.45, 7) is 4.48. The average molecular weight is 347 g/mol. The summed E-state index contributed by atoms with van der Waals surface area (Å²) in [6, 6.07) is 5.93. The van der Waals surface area contributed by atoms with Crippen LogP contribution >= 0.6 is 0 Å². The molecule has 1 aromatic carbocycles. The third kappa shape index (κ3) is 4.35. The zero-order chi connectivity index (χ0) is 17.6. The number of ether oxygens (including phenoxy) is 2. The van der Waals surface area contributed by atoms with Gasteiger partial charge >= 0.3 is 6.03 Å². The number of nitrogens with one attached hydrogen (secondary N) is 2. The van der Waals surface area contributed by atoms with Crippen molar-refractivity contribution in [3.63, 3.8) is 0 Å². The van der Waals surface area contributed by atoms with Gasteiger partial charge in [0.15, 0.2) is 11.5 Å². The molecule has 3 rings (SSSR count). The highest BCUT2D eigenvalue weighted by Crippen LogP contribution is 2.37. The zero-order valence-electron chi connectivity index (χ0n) is 14.5. The number of likely N-dealkylation sites (tertiary alicyclic amines) is 1. The molecule has 2 heterocycles. The Labute approximate surface area is 147 Å². The molecule has 0 unspecified atom stereocenters. The van der Waals surface area contributed by atoms with E-state index < -0.39 is 0 Å². The largest absolute Gasteiger partial charge is 0.486 e. The topological polar surface area (TPSA) is 79.9 Å². The molecule has 1 saturated heterocycles. The molecule has 3 amide bonds. The minimum atomic E-state index is -0.0554. The number of carbonyl (C=O) groups excluding carboxylic acids is 2. The lowest BCUT2D eigenvalue weighted by Crippen LogP contribution is -2.40. The van der Waals surface area contributed by atoms with Crippen molar-refractivity contribution in [3.05, 3.63) is 23.8 Å². The summed E-state index contributed by atoms with van der Waals surface area (Å²) in [5.74, 6) is 1.47. The number of nitrogens with zero attached hydrogens (tertiary/aromatic N) is 1. The van der Waals surface area contributed by atoms with Crippen molar-refractivity contribution in [2.24, 2.45) is 0 Å². The minimum absolute atomic E-state index is 0.0514. The Morgan fingerprint density at radius 2 is 1.92 bits per heavy atom. The Morgan fingerprint density at radius 1 is 1.16 bits per heavy atom. The van der Waals surface area contributed by atoms with Gasteiger partial charge in [-0.1, -0.05) is 6.07 Å². The quantitative estimate of drug-likeness (QED) is 0.797. The lowest BCUT2D eigenvalue weighted by atomic mass is 10.0. The first kappa shape index (κ1) is 17.4. The van der Waals surface area contributed by atoms with E-state index in [-0.39, 0.29) is 18.0 Å². The Balaban J connectivity index is 1.56. The number of amides is 3. The van der Waals surface area contributed by atoms with Crippen molar-refractivity contribution in [3.8, 4) is 11.5 Å². The molecule has 1 fully saturated rings. The second-order valence-electron chi connectivity index (χ2n) is 6.32. The standard InChI is InChI=1S/C18H25N3O4/c1-13(22)19-7-3-8-20-18(23)21-9-2-4-15(21)14-5-6-16-17(12-14)25-11-10-24-16/h5-6,12,15H,2-4,7-11H2,1H3,(H,19,22)(H,20,23)/t15-/m0/s1. The predicted octanol–water partition coefficient (Wildman–Crippen LogP) is 1.83. The number of fused-ring (bicyclic) bond motifs is 1.